The Labute approximate surface area is 273 Å². The molecular weight excluding hydrogens is 714 g/mol. The van der Waals surface area contributed by atoms with Gasteiger partial charge in [0.15, 0.2) is 5.78 Å². The molecule has 0 aromatic heterocycles. The van der Waals surface area contributed by atoms with Gasteiger partial charge in [-0.1, -0.05) is 49.6 Å². The van der Waals surface area contributed by atoms with Crippen molar-refractivity contribution >= 4 is 67.0 Å². The van der Waals surface area contributed by atoms with Crippen molar-refractivity contribution in [1.29, 1.82) is 0 Å². The number of nitro benzene ring substituents is 1. The first-order valence-corrected chi connectivity index (χ1v) is 15.9. The quantitative estimate of drug-likeness (QED) is 0.0588. The number of nitrogens with zero attached hydrogens (tertiary/aromatic N) is 3. The summed E-state index contributed by atoms with van der Waals surface area (Å²) in [6.45, 7) is 1.24. The van der Waals surface area contributed by atoms with Gasteiger partial charge in [-0.25, -0.2) is 9.80 Å². The van der Waals surface area contributed by atoms with Gasteiger partial charge in [0.1, 0.15) is 12.3 Å². The molecule has 1 heterocycles. The lowest BCUT2D eigenvalue weighted by molar-refractivity contribution is -0.384. The molecule has 3 fully saturated rings. The van der Waals surface area contributed by atoms with E-state index in [-0.39, 0.29) is 44.1 Å². The van der Waals surface area contributed by atoms with Crippen LogP contribution in [0.4, 0.5) is 5.69 Å². The molecule has 0 unspecified atom stereocenters. The number of esters is 1. The number of alkyl halides is 2. The monoisotopic (exact) mass is 737 g/mol. The molecule has 1 aliphatic heterocycles. The van der Waals surface area contributed by atoms with Crippen molar-refractivity contribution in [2.45, 2.75) is 23.0 Å². The van der Waals surface area contributed by atoms with E-state index >= 15 is 0 Å². The van der Waals surface area contributed by atoms with Gasteiger partial charge >= 0.3 is 5.97 Å². The molecule has 0 N–H and O–H groups in total. The minimum Gasteiger partial charge on any atom is -0.423 e. The summed E-state index contributed by atoms with van der Waals surface area (Å²) in [4.78, 5) is 77.9. The molecule has 45 heavy (non-hydrogen) atoms. The Bertz CT molecular complexity index is 1700. The number of Topliss-reactive ketones (excluding diaryl/α,β-unsaturated/α-hetero) is 1. The highest BCUT2D eigenvalue weighted by atomic mass is 79.9. The maximum Gasteiger partial charge on any atom is 0.343 e. The van der Waals surface area contributed by atoms with Crippen LogP contribution in [0.3, 0.4) is 0 Å². The fourth-order valence-electron chi connectivity index (χ4n) is 6.47. The van der Waals surface area contributed by atoms with Crippen LogP contribution in [-0.2, 0) is 9.59 Å². The van der Waals surface area contributed by atoms with Gasteiger partial charge in [-0.15, -0.1) is 0 Å². The molecule has 1 saturated heterocycles. The van der Waals surface area contributed by atoms with Crippen molar-refractivity contribution in [1.82, 2.24) is 10.0 Å². The van der Waals surface area contributed by atoms with Gasteiger partial charge in [-0.05, 0) is 73.7 Å². The lowest BCUT2D eigenvalue weighted by atomic mass is 9.81. The molecule has 3 aliphatic rings. The van der Waals surface area contributed by atoms with Crippen LogP contribution in [-0.4, -0.2) is 60.6 Å². The maximum absolute atomic E-state index is 13.8. The smallest absolute Gasteiger partial charge is 0.343 e. The lowest BCUT2D eigenvalue weighted by Crippen LogP contribution is -2.52. The molecule has 0 spiro atoms. The normalized spacial score (nSPS) is 24.8. The predicted octanol–water partition coefficient (Wildman–Crippen LogP) is 5.14. The van der Waals surface area contributed by atoms with Gasteiger partial charge in [0.2, 0.25) is 0 Å². The van der Waals surface area contributed by atoms with E-state index in [1.807, 2.05) is 6.92 Å². The third-order valence-corrected chi connectivity index (χ3v) is 11.9. The van der Waals surface area contributed by atoms with Gasteiger partial charge < -0.3 is 4.74 Å². The van der Waals surface area contributed by atoms with Gasteiger partial charge in [-0.3, -0.25) is 29.3 Å². The molecule has 13 heteroatoms. The van der Waals surface area contributed by atoms with Gasteiger partial charge in [0, 0.05) is 32.9 Å². The zero-order chi connectivity index (χ0) is 32.2. The number of carbonyl (C=O) groups excluding carboxylic acids is 5. The number of ether oxygens (including phenoxy) is 1. The largest absolute Gasteiger partial charge is 0.423 e. The highest BCUT2D eigenvalue weighted by Gasteiger charge is 2.67. The van der Waals surface area contributed by atoms with Gasteiger partial charge in [0.25, 0.3) is 23.4 Å². The maximum atomic E-state index is 13.8. The second kappa shape index (κ2) is 11.9. The van der Waals surface area contributed by atoms with E-state index in [1.54, 1.807) is 24.3 Å². The SMILES string of the molecule is Cc1ccc(C(=O)Oc2ccc(C(=O)CN(C(=O)c3ccc([N+](=O)[O-])cc3)N3C(=O)[C@@H]4[C@H]5C[C@@H]([C@H](Br)[C@H]5Br)[C@H]4C3=O)cc2)cc1. The fourth-order valence-corrected chi connectivity index (χ4v) is 8.34. The molecule has 2 bridgehead atoms. The average molecular weight is 739 g/mol. The van der Waals surface area contributed by atoms with E-state index in [4.69, 9.17) is 4.74 Å². The van der Waals surface area contributed by atoms with Gasteiger partial charge in [0.05, 0.1) is 22.3 Å². The van der Waals surface area contributed by atoms with Gasteiger partial charge in [-0.2, -0.15) is 5.01 Å². The van der Waals surface area contributed by atoms with Crippen molar-refractivity contribution in [3.05, 3.63) is 105 Å². The van der Waals surface area contributed by atoms with Crippen molar-refractivity contribution in [3.63, 3.8) is 0 Å². The number of halogens is 2. The Hall–Kier alpha value is -4.23. The molecule has 2 aliphatic carbocycles. The number of nitro groups is 1. The van der Waals surface area contributed by atoms with Crippen LogP contribution >= 0.6 is 31.9 Å². The third-order valence-electron chi connectivity index (χ3n) is 8.73. The van der Waals surface area contributed by atoms with E-state index in [0.717, 1.165) is 27.7 Å². The highest BCUT2D eigenvalue weighted by molar-refractivity contribution is 9.12. The first kappa shape index (κ1) is 30.8. The number of hydrazine groups is 1. The van der Waals surface area contributed by atoms with Crippen LogP contribution in [0.2, 0.25) is 0 Å². The topological polar surface area (TPSA) is 144 Å². The molecule has 6 atom stereocenters. The number of ketones is 1. The summed E-state index contributed by atoms with van der Waals surface area (Å²) in [5.41, 5.74) is 1.21. The third kappa shape index (κ3) is 5.48. The molecule has 11 nitrogen and oxygen atoms in total. The van der Waals surface area contributed by atoms with Crippen molar-refractivity contribution in [2.24, 2.45) is 23.7 Å². The molecule has 6 rings (SSSR count). The minimum atomic E-state index is -0.832. The molecule has 3 aromatic rings. The number of hydrogen-bond donors (Lipinski definition) is 0. The summed E-state index contributed by atoms with van der Waals surface area (Å²) in [7, 11) is 0. The molecule has 3 amide bonds. The van der Waals surface area contributed by atoms with E-state index in [9.17, 15) is 34.1 Å². The Morgan fingerprint density at radius 3 is 1.89 bits per heavy atom. The van der Waals surface area contributed by atoms with E-state index in [1.165, 1.54) is 36.4 Å². The van der Waals surface area contributed by atoms with E-state index < -0.39 is 52.8 Å². The number of imide groups is 1. The number of aryl methyl sites for hydroxylation is 1. The highest BCUT2D eigenvalue weighted by Crippen LogP contribution is 2.60. The lowest BCUT2D eigenvalue weighted by Gasteiger charge is -2.30. The van der Waals surface area contributed by atoms with Crippen LogP contribution in [0, 0.1) is 40.7 Å². The summed E-state index contributed by atoms with van der Waals surface area (Å²) in [6.07, 6.45) is 0.683. The summed E-state index contributed by atoms with van der Waals surface area (Å²) in [5, 5.41) is 12.8. The zero-order valence-electron chi connectivity index (χ0n) is 23.7. The van der Waals surface area contributed by atoms with E-state index in [0.29, 0.717) is 12.0 Å². The van der Waals surface area contributed by atoms with Crippen LogP contribution in [0.15, 0.2) is 72.8 Å². The Morgan fingerprint density at radius 2 is 1.36 bits per heavy atom. The Morgan fingerprint density at radius 1 is 0.844 bits per heavy atom. The first-order chi connectivity index (χ1) is 21.5. The number of fused-ring (bicyclic) bond motifs is 5. The summed E-state index contributed by atoms with van der Waals surface area (Å²) >= 11 is 7.29. The van der Waals surface area contributed by atoms with Crippen molar-refractivity contribution < 1.29 is 33.6 Å². The summed E-state index contributed by atoms with van der Waals surface area (Å²) in [6, 6.07) is 17.3. The Balaban J connectivity index is 1.25. The standard InChI is InChI=1S/C32H25Br2N3O8/c1-16-2-4-19(5-3-16)32(42)45-21-12-8-17(9-13-21)24(38)15-35(29(39)18-6-10-20(11-7-18)37(43)44)36-30(40)25-22-14-23(26(25)31(36)41)28(34)27(22)33/h2-13,22-23,25-28H,14-15H2,1H3/t22-,23-,25-,26-,27+,28+/m1/s1. The number of hydrogen-bond acceptors (Lipinski definition) is 8. The van der Waals surface area contributed by atoms with Crippen LogP contribution in [0.1, 0.15) is 43.1 Å². The van der Waals surface area contributed by atoms with Crippen LogP contribution < -0.4 is 4.74 Å². The second-order valence-electron chi connectivity index (χ2n) is 11.4. The van der Waals surface area contributed by atoms with Crippen LogP contribution in [0.5, 0.6) is 5.75 Å². The molecule has 0 radical (unpaired) electrons. The van der Waals surface area contributed by atoms with Crippen LogP contribution in [0.25, 0.3) is 0 Å². The number of amides is 3. The minimum absolute atomic E-state index is 0.0282. The molecule has 230 valence electrons. The number of non-ortho nitro benzene ring substituents is 1. The predicted molar refractivity (Wildman–Crippen MR) is 167 cm³/mol. The summed E-state index contributed by atoms with van der Waals surface area (Å²) in [5.74, 6) is -4.41. The fraction of sp³-hybridized carbons (Fsp3) is 0.281. The van der Waals surface area contributed by atoms with E-state index in [2.05, 4.69) is 31.9 Å². The average Bonchev–Trinajstić information content (AvgIpc) is 3.65. The number of rotatable bonds is 8. The second-order valence-corrected chi connectivity index (χ2v) is 13.5. The number of carbonyl (C=O) groups is 5. The first-order valence-electron chi connectivity index (χ1n) is 14.1. The van der Waals surface area contributed by atoms with Crippen molar-refractivity contribution in [3.8, 4) is 5.75 Å². The number of benzene rings is 3. The molecule has 3 aromatic carbocycles. The van der Waals surface area contributed by atoms with Crippen molar-refractivity contribution in [2.75, 3.05) is 6.54 Å². The summed E-state index contributed by atoms with van der Waals surface area (Å²) < 4.78 is 5.41. The molecule has 2 saturated carbocycles. The Kier molecular flexibility index (Phi) is 8.16. The molecular formula is C32H25Br2N3O8. The zero-order valence-corrected chi connectivity index (χ0v) is 26.8.